The second-order valence-corrected chi connectivity index (χ2v) is 9.32. The fourth-order valence-corrected chi connectivity index (χ4v) is 4.85. The molecule has 0 spiro atoms. The predicted molar refractivity (Wildman–Crippen MR) is 142 cm³/mol. The van der Waals surface area contributed by atoms with E-state index < -0.39 is 0 Å². The molecule has 1 heterocycles. The fraction of sp³-hybridized carbons (Fsp3) is 0.310. The molecule has 0 bridgehead atoms. The second kappa shape index (κ2) is 12.1. The molecule has 0 aliphatic carbocycles. The van der Waals surface area contributed by atoms with Gasteiger partial charge < -0.3 is 14.7 Å². The quantitative estimate of drug-likeness (QED) is 0.320. The molecule has 0 aromatic heterocycles. The van der Waals surface area contributed by atoms with Crippen LogP contribution in [0.4, 0.5) is 0 Å². The third kappa shape index (κ3) is 6.23. The number of benzene rings is 3. The van der Waals surface area contributed by atoms with E-state index in [1.54, 1.807) is 0 Å². The van der Waals surface area contributed by atoms with Gasteiger partial charge in [0, 0.05) is 24.0 Å². The molecule has 5 heteroatoms. The lowest BCUT2D eigenvalue weighted by Gasteiger charge is -2.35. The Morgan fingerprint density at radius 3 is 2.15 bits per heavy atom. The highest BCUT2D eigenvalue weighted by Gasteiger charge is 2.29. The molecule has 1 fully saturated rings. The lowest BCUT2D eigenvalue weighted by atomic mass is 9.99. The summed E-state index contributed by atoms with van der Waals surface area (Å²) in [6.07, 6.45) is 2.36. The van der Waals surface area contributed by atoms with E-state index in [0.29, 0.717) is 6.61 Å². The third-order valence-corrected chi connectivity index (χ3v) is 7.02. The number of hydrogen-bond donors (Lipinski definition) is 3. The van der Waals surface area contributed by atoms with Crippen molar-refractivity contribution in [3.05, 3.63) is 114 Å². The van der Waals surface area contributed by atoms with Gasteiger partial charge in [0.25, 0.3) is 0 Å². The summed E-state index contributed by atoms with van der Waals surface area (Å²) in [4.78, 5) is 2.34. The summed E-state index contributed by atoms with van der Waals surface area (Å²) in [5.74, 6) is 0.827. The van der Waals surface area contributed by atoms with Crippen molar-refractivity contribution in [2.45, 2.75) is 36.8 Å². The molecule has 34 heavy (non-hydrogen) atoms. The summed E-state index contributed by atoms with van der Waals surface area (Å²) in [7, 11) is 0. The molecule has 0 amide bonds. The van der Waals surface area contributed by atoms with Crippen molar-refractivity contribution in [2.75, 3.05) is 19.7 Å². The molecule has 3 aromatic rings. The summed E-state index contributed by atoms with van der Waals surface area (Å²) in [5.41, 5.74) is 4.30. The first-order valence-electron chi connectivity index (χ1n) is 12.0. The van der Waals surface area contributed by atoms with Gasteiger partial charge in [-0.2, -0.15) is 12.6 Å². The van der Waals surface area contributed by atoms with Crippen LogP contribution in [0.3, 0.4) is 0 Å². The van der Waals surface area contributed by atoms with Gasteiger partial charge in [-0.05, 0) is 41.7 Å². The van der Waals surface area contributed by atoms with Gasteiger partial charge in [0.1, 0.15) is 12.4 Å². The number of nitrogens with one attached hydrogen (secondary N) is 1. The maximum Gasteiger partial charge on any atom is 0.119 e. The number of ether oxygens (including phenoxy) is 1. The van der Waals surface area contributed by atoms with Crippen LogP contribution >= 0.6 is 12.6 Å². The Kier molecular flexibility index (Phi) is 8.69. The van der Waals surface area contributed by atoms with E-state index >= 15 is 0 Å². The van der Waals surface area contributed by atoms with Crippen molar-refractivity contribution in [1.29, 1.82) is 0 Å². The first-order valence-corrected chi connectivity index (χ1v) is 12.5. The maximum atomic E-state index is 10.2. The molecule has 0 saturated carbocycles. The Bertz CT molecular complexity index is 1020. The molecule has 0 radical (unpaired) electrons. The predicted octanol–water partition coefficient (Wildman–Crippen LogP) is 5.54. The third-order valence-electron chi connectivity index (χ3n) is 6.42. The van der Waals surface area contributed by atoms with Gasteiger partial charge in [0.05, 0.1) is 18.7 Å². The van der Waals surface area contributed by atoms with Gasteiger partial charge in [-0.3, -0.25) is 5.32 Å². The van der Waals surface area contributed by atoms with Crippen LogP contribution in [0, 0.1) is 0 Å². The zero-order chi connectivity index (χ0) is 23.8. The normalized spacial score (nSPS) is 16.1. The highest BCUT2D eigenvalue weighted by molar-refractivity contribution is 7.80. The van der Waals surface area contributed by atoms with Crippen molar-refractivity contribution in [1.82, 2.24) is 10.2 Å². The van der Waals surface area contributed by atoms with Crippen molar-refractivity contribution in [3.8, 4) is 5.75 Å². The van der Waals surface area contributed by atoms with Crippen LogP contribution in [0.15, 0.2) is 97.2 Å². The van der Waals surface area contributed by atoms with Crippen LogP contribution in [-0.4, -0.2) is 35.7 Å². The van der Waals surface area contributed by atoms with Crippen LogP contribution in [0.2, 0.25) is 0 Å². The van der Waals surface area contributed by atoms with E-state index in [2.05, 4.69) is 41.1 Å². The standard InChI is InChI=1S/C29H34N2O2S/c1-22(31-18-8-9-19-31)28(30-27(20-32)24-12-6-3-7-13-24)29(34)25-14-16-26(17-15-25)33-21-23-10-4-2-5-11-23/h2-7,10-17,27-30,32,34H,1,8-9,18-21H2/t27-,28-,29-/m1/s1. The first kappa shape index (κ1) is 24.4. The van der Waals surface area contributed by atoms with Gasteiger partial charge in [0.2, 0.25) is 0 Å². The van der Waals surface area contributed by atoms with E-state index in [1.165, 1.54) is 12.8 Å². The van der Waals surface area contributed by atoms with E-state index in [4.69, 9.17) is 17.4 Å². The minimum Gasteiger partial charge on any atom is -0.489 e. The molecule has 1 aliphatic rings. The smallest absolute Gasteiger partial charge is 0.119 e. The van der Waals surface area contributed by atoms with Gasteiger partial charge in [-0.25, -0.2) is 0 Å². The number of aliphatic hydroxyl groups is 1. The zero-order valence-electron chi connectivity index (χ0n) is 19.5. The van der Waals surface area contributed by atoms with Crippen molar-refractivity contribution >= 4 is 12.6 Å². The van der Waals surface area contributed by atoms with Crippen molar-refractivity contribution in [2.24, 2.45) is 0 Å². The van der Waals surface area contributed by atoms with E-state index in [9.17, 15) is 5.11 Å². The molecule has 1 saturated heterocycles. The number of likely N-dealkylation sites (tertiary alicyclic amines) is 1. The van der Waals surface area contributed by atoms with Crippen LogP contribution in [0.5, 0.6) is 5.75 Å². The molecule has 4 nitrogen and oxygen atoms in total. The molecule has 3 aromatic carbocycles. The minimum absolute atomic E-state index is 0.000551. The number of hydrogen-bond acceptors (Lipinski definition) is 5. The molecular formula is C29H34N2O2S. The molecule has 3 atom stereocenters. The second-order valence-electron chi connectivity index (χ2n) is 8.76. The summed E-state index contributed by atoms with van der Waals surface area (Å²) in [6, 6.07) is 28.0. The Morgan fingerprint density at radius 1 is 0.912 bits per heavy atom. The lowest BCUT2D eigenvalue weighted by Crippen LogP contribution is -2.43. The Labute approximate surface area is 208 Å². The molecule has 4 rings (SSSR count). The largest absolute Gasteiger partial charge is 0.489 e. The zero-order valence-corrected chi connectivity index (χ0v) is 20.4. The van der Waals surface area contributed by atoms with Crippen molar-refractivity contribution in [3.63, 3.8) is 0 Å². The molecule has 178 valence electrons. The lowest BCUT2D eigenvalue weighted by molar-refractivity contribution is 0.229. The highest BCUT2D eigenvalue weighted by Crippen LogP contribution is 2.33. The van der Waals surface area contributed by atoms with Gasteiger partial charge >= 0.3 is 0 Å². The molecule has 1 aliphatic heterocycles. The summed E-state index contributed by atoms with van der Waals surface area (Å²) in [5, 5.41) is 13.7. The van der Waals surface area contributed by atoms with Crippen LogP contribution < -0.4 is 10.1 Å². The van der Waals surface area contributed by atoms with Crippen LogP contribution in [0.25, 0.3) is 0 Å². The molecular weight excluding hydrogens is 440 g/mol. The average Bonchev–Trinajstić information content (AvgIpc) is 3.44. The Morgan fingerprint density at radius 2 is 1.53 bits per heavy atom. The number of rotatable bonds is 11. The van der Waals surface area contributed by atoms with E-state index in [-0.39, 0.29) is 23.9 Å². The first-order chi connectivity index (χ1) is 16.7. The number of nitrogens with zero attached hydrogens (tertiary/aromatic N) is 1. The van der Waals surface area contributed by atoms with Gasteiger partial charge in [0.15, 0.2) is 0 Å². The minimum atomic E-state index is -0.200. The monoisotopic (exact) mass is 474 g/mol. The molecule has 2 N–H and O–H groups in total. The summed E-state index contributed by atoms with van der Waals surface area (Å²) in [6.45, 7) is 7.02. The average molecular weight is 475 g/mol. The van der Waals surface area contributed by atoms with Gasteiger partial charge in [-0.15, -0.1) is 0 Å². The topological polar surface area (TPSA) is 44.7 Å². The SMILES string of the molecule is C=C([C@@H](N[C@H](CO)c1ccccc1)[C@H](S)c1ccc(OCc2ccccc2)cc1)N1CCCC1. The number of thiol groups is 1. The Balaban J connectivity index is 1.49. The highest BCUT2D eigenvalue weighted by atomic mass is 32.1. The van der Waals surface area contributed by atoms with Gasteiger partial charge in [-0.1, -0.05) is 79.4 Å². The van der Waals surface area contributed by atoms with Crippen LogP contribution in [-0.2, 0) is 6.61 Å². The summed E-state index contributed by atoms with van der Waals surface area (Å²) >= 11 is 5.04. The maximum absolute atomic E-state index is 10.2. The van der Waals surface area contributed by atoms with Crippen LogP contribution in [0.1, 0.15) is 40.8 Å². The molecule has 0 unspecified atom stereocenters. The van der Waals surface area contributed by atoms with E-state index in [1.807, 2.05) is 60.7 Å². The van der Waals surface area contributed by atoms with Crippen molar-refractivity contribution < 1.29 is 9.84 Å². The summed E-state index contributed by atoms with van der Waals surface area (Å²) < 4.78 is 5.96. The fourth-order valence-electron chi connectivity index (χ4n) is 4.42. The Hall–Kier alpha value is -2.73. The van der Waals surface area contributed by atoms with E-state index in [0.717, 1.165) is 41.2 Å². The number of aliphatic hydroxyl groups excluding tert-OH is 1.